The summed E-state index contributed by atoms with van der Waals surface area (Å²) >= 11 is 0. The lowest BCUT2D eigenvalue weighted by Crippen LogP contribution is -2.52. The molecule has 1 amide bonds. The predicted molar refractivity (Wildman–Crippen MR) is 86.9 cm³/mol. The highest BCUT2D eigenvalue weighted by Gasteiger charge is 2.31. The van der Waals surface area contributed by atoms with Gasteiger partial charge in [-0.3, -0.25) is 9.59 Å². The molecule has 2 heterocycles. The first kappa shape index (κ1) is 14.8. The summed E-state index contributed by atoms with van der Waals surface area (Å²) in [6.07, 6.45) is 2.93. The Hall–Kier alpha value is -2.14. The molecular weight excluding hydrogens is 278 g/mol. The number of aromatic amines is 1. The summed E-state index contributed by atoms with van der Waals surface area (Å²) in [5.74, 6) is -0.214. The van der Waals surface area contributed by atoms with E-state index < -0.39 is 0 Å². The number of hydrogen-bond acceptors (Lipinski definition) is 3. The Morgan fingerprint density at radius 3 is 2.91 bits per heavy atom. The van der Waals surface area contributed by atoms with Crippen LogP contribution in [0.2, 0.25) is 0 Å². The van der Waals surface area contributed by atoms with E-state index in [4.69, 9.17) is 5.73 Å². The third-order valence-electron chi connectivity index (χ3n) is 4.40. The second-order valence-electron chi connectivity index (χ2n) is 6.02. The number of pyridine rings is 1. The number of amides is 1. The summed E-state index contributed by atoms with van der Waals surface area (Å²) in [6, 6.07) is 9.06. The van der Waals surface area contributed by atoms with Crippen LogP contribution in [-0.2, 0) is 0 Å². The Bertz CT molecular complexity index is 751. The number of nitrogens with zero attached hydrogens (tertiary/aromatic N) is 1. The fourth-order valence-electron chi connectivity index (χ4n) is 3.22. The molecule has 1 saturated heterocycles. The zero-order valence-corrected chi connectivity index (χ0v) is 12.7. The Kier molecular flexibility index (Phi) is 3.98. The van der Waals surface area contributed by atoms with E-state index in [2.05, 4.69) is 4.98 Å². The van der Waals surface area contributed by atoms with Crippen molar-refractivity contribution in [1.82, 2.24) is 9.88 Å². The van der Waals surface area contributed by atoms with Crippen molar-refractivity contribution in [2.24, 2.45) is 5.73 Å². The van der Waals surface area contributed by atoms with Crippen LogP contribution in [0.3, 0.4) is 0 Å². The molecule has 0 bridgehead atoms. The zero-order valence-electron chi connectivity index (χ0n) is 12.7. The van der Waals surface area contributed by atoms with E-state index in [0.29, 0.717) is 6.54 Å². The van der Waals surface area contributed by atoms with Gasteiger partial charge in [0, 0.05) is 24.1 Å². The number of likely N-dealkylation sites (tertiary alicyclic amines) is 1. The minimum absolute atomic E-state index is 0.00659. The number of piperidine rings is 1. The van der Waals surface area contributed by atoms with Gasteiger partial charge in [0.15, 0.2) is 0 Å². The van der Waals surface area contributed by atoms with Gasteiger partial charge in [-0.1, -0.05) is 18.2 Å². The molecule has 1 aliphatic rings. The highest BCUT2D eigenvalue weighted by atomic mass is 16.2. The first-order valence-corrected chi connectivity index (χ1v) is 7.76. The molecule has 0 saturated carbocycles. The lowest BCUT2D eigenvalue weighted by molar-refractivity contribution is 0.0582. The highest BCUT2D eigenvalue weighted by molar-refractivity contribution is 5.97. The van der Waals surface area contributed by atoms with E-state index >= 15 is 0 Å². The van der Waals surface area contributed by atoms with Gasteiger partial charge < -0.3 is 15.6 Å². The fourth-order valence-corrected chi connectivity index (χ4v) is 3.22. The Morgan fingerprint density at radius 1 is 1.36 bits per heavy atom. The van der Waals surface area contributed by atoms with Crippen LogP contribution in [0.15, 0.2) is 35.1 Å². The third-order valence-corrected chi connectivity index (χ3v) is 4.40. The molecule has 3 N–H and O–H groups in total. The van der Waals surface area contributed by atoms with Crippen LogP contribution >= 0.6 is 0 Å². The van der Waals surface area contributed by atoms with Crippen LogP contribution in [0.1, 0.15) is 36.5 Å². The summed E-state index contributed by atoms with van der Waals surface area (Å²) in [5.41, 5.74) is 6.63. The Balaban J connectivity index is 2.00. The van der Waals surface area contributed by atoms with E-state index in [-0.39, 0.29) is 29.1 Å². The molecule has 2 atom stereocenters. The number of nitrogens with one attached hydrogen (secondary N) is 1. The lowest BCUT2D eigenvalue weighted by Gasteiger charge is -2.38. The molecule has 116 valence electrons. The smallest absolute Gasteiger partial charge is 0.261 e. The number of fused-ring (bicyclic) bond motifs is 1. The lowest BCUT2D eigenvalue weighted by atomic mass is 9.96. The van der Waals surface area contributed by atoms with Crippen molar-refractivity contribution in [3.63, 3.8) is 0 Å². The van der Waals surface area contributed by atoms with Crippen molar-refractivity contribution in [2.45, 2.75) is 38.3 Å². The van der Waals surface area contributed by atoms with Crippen molar-refractivity contribution >= 4 is 16.8 Å². The maximum Gasteiger partial charge on any atom is 0.261 e. The fraction of sp³-hybridized carbons (Fsp3) is 0.412. The molecule has 5 nitrogen and oxygen atoms in total. The number of hydrogen-bond donors (Lipinski definition) is 2. The molecule has 2 aromatic rings. The monoisotopic (exact) mass is 299 g/mol. The average molecular weight is 299 g/mol. The van der Waals surface area contributed by atoms with Gasteiger partial charge in [0.2, 0.25) is 0 Å². The Labute approximate surface area is 129 Å². The Morgan fingerprint density at radius 2 is 2.14 bits per heavy atom. The van der Waals surface area contributed by atoms with Crippen molar-refractivity contribution in [3.8, 4) is 0 Å². The van der Waals surface area contributed by atoms with E-state index in [9.17, 15) is 9.59 Å². The van der Waals surface area contributed by atoms with E-state index in [1.54, 1.807) is 11.0 Å². The van der Waals surface area contributed by atoms with Crippen LogP contribution in [0, 0.1) is 0 Å². The maximum atomic E-state index is 12.8. The number of carbonyl (C=O) groups excluding carboxylic acids is 1. The number of carbonyl (C=O) groups is 1. The SMILES string of the molecule is CC(N)C1CCCCN1C(=O)c1cc2ccccc2[nH]c1=O. The molecule has 3 rings (SSSR count). The summed E-state index contributed by atoms with van der Waals surface area (Å²) in [6.45, 7) is 2.58. The number of nitrogens with two attached hydrogens (primary N) is 1. The number of aromatic nitrogens is 1. The predicted octanol–water partition coefficient (Wildman–Crippen LogP) is 1.87. The van der Waals surface area contributed by atoms with Crippen molar-refractivity contribution in [1.29, 1.82) is 0 Å². The van der Waals surface area contributed by atoms with Gasteiger partial charge in [0.05, 0.1) is 0 Å². The standard InChI is InChI=1S/C17H21N3O2/c1-11(18)15-8-4-5-9-20(15)17(22)13-10-12-6-2-3-7-14(12)19-16(13)21/h2-3,6-7,10-11,15H,4-5,8-9,18H2,1H3,(H,19,21). The normalized spacial score (nSPS) is 20.1. The molecule has 22 heavy (non-hydrogen) atoms. The van der Waals surface area contributed by atoms with Crippen LogP contribution in [0.5, 0.6) is 0 Å². The first-order chi connectivity index (χ1) is 10.6. The van der Waals surface area contributed by atoms with Crippen LogP contribution in [0.25, 0.3) is 10.9 Å². The van der Waals surface area contributed by atoms with Gasteiger partial charge in [-0.15, -0.1) is 0 Å². The molecular formula is C17H21N3O2. The number of rotatable bonds is 2. The molecule has 5 heteroatoms. The molecule has 0 radical (unpaired) electrons. The van der Waals surface area contributed by atoms with Gasteiger partial charge >= 0.3 is 0 Å². The first-order valence-electron chi connectivity index (χ1n) is 7.76. The zero-order chi connectivity index (χ0) is 15.7. The van der Waals surface area contributed by atoms with Crippen molar-refractivity contribution in [2.75, 3.05) is 6.54 Å². The van der Waals surface area contributed by atoms with E-state index in [0.717, 1.165) is 30.2 Å². The van der Waals surface area contributed by atoms with Crippen molar-refractivity contribution in [3.05, 3.63) is 46.2 Å². The minimum atomic E-state index is -0.335. The molecule has 2 unspecified atom stereocenters. The minimum Gasteiger partial charge on any atom is -0.334 e. The molecule has 1 aromatic carbocycles. The van der Waals surface area contributed by atoms with Gasteiger partial charge in [0.25, 0.3) is 11.5 Å². The van der Waals surface area contributed by atoms with Gasteiger partial charge in [-0.05, 0) is 43.7 Å². The molecule has 1 aromatic heterocycles. The number of benzene rings is 1. The van der Waals surface area contributed by atoms with Gasteiger partial charge in [-0.2, -0.15) is 0 Å². The van der Waals surface area contributed by atoms with Crippen molar-refractivity contribution < 1.29 is 4.79 Å². The number of H-pyrrole nitrogens is 1. The second kappa shape index (κ2) is 5.93. The van der Waals surface area contributed by atoms with Crippen LogP contribution < -0.4 is 11.3 Å². The number of para-hydroxylation sites is 1. The topological polar surface area (TPSA) is 79.2 Å². The quantitative estimate of drug-likeness (QED) is 0.888. The summed E-state index contributed by atoms with van der Waals surface area (Å²) in [5, 5.41) is 0.861. The van der Waals surface area contributed by atoms with Gasteiger partial charge in [0.1, 0.15) is 5.56 Å². The summed E-state index contributed by atoms with van der Waals surface area (Å²) in [4.78, 5) is 29.6. The molecule has 0 spiro atoms. The largest absolute Gasteiger partial charge is 0.334 e. The highest BCUT2D eigenvalue weighted by Crippen LogP contribution is 2.21. The second-order valence-corrected chi connectivity index (χ2v) is 6.02. The summed E-state index contributed by atoms with van der Waals surface area (Å²) < 4.78 is 0. The molecule has 0 aliphatic carbocycles. The van der Waals surface area contributed by atoms with E-state index in [1.807, 2.05) is 31.2 Å². The van der Waals surface area contributed by atoms with Crippen LogP contribution in [-0.4, -0.2) is 34.4 Å². The molecule has 1 fully saturated rings. The summed E-state index contributed by atoms with van der Waals surface area (Å²) in [7, 11) is 0. The molecule has 1 aliphatic heterocycles. The van der Waals surface area contributed by atoms with E-state index in [1.165, 1.54) is 0 Å². The average Bonchev–Trinajstić information content (AvgIpc) is 2.53. The van der Waals surface area contributed by atoms with Gasteiger partial charge in [-0.25, -0.2) is 0 Å². The maximum absolute atomic E-state index is 12.8. The van der Waals surface area contributed by atoms with Crippen LogP contribution in [0.4, 0.5) is 0 Å². The third kappa shape index (κ3) is 2.64.